The molecule has 0 atom stereocenters. The standard InChI is InChI=1S/C18H31N3O2.C2H2O4/c1-16-15-18(19-21(16)17-7-3-2-4-8-17)23-12-6-5-9-20-10-13-22-14-11-20;3-1(4)2(5)6/h15,17H,2-14H2,1H3;(H,3,4)(H,5,6). The lowest BCUT2D eigenvalue weighted by Gasteiger charge is -2.26. The first-order valence-electron chi connectivity index (χ1n) is 10.4. The van der Waals surface area contributed by atoms with E-state index in [1.54, 1.807) is 0 Å². The van der Waals surface area contributed by atoms with Gasteiger partial charge in [-0.2, -0.15) is 0 Å². The minimum Gasteiger partial charge on any atom is -0.477 e. The Bertz CT molecular complexity index is 624. The van der Waals surface area contributed by atoms with Gasteiger partial charge in [-0.3, -0.25) is 9.58 Å². The first kappa shape index (κ1) is 23.2. The van der Waals surface area contributed by atoms with E-state index in [4.69, 9.17) is 29.3 Å². The van der Waals surface area contributed by atoms with Gasteiger partial charge < -0.3 is 19.7 Å². The Labute approximate surface area is 171 Å². The molecule has 0 unspecified atom stereocenters. The Kier molecular flexibility index (Phi) is 9.93. The fourth-order valence-electron chi connectivity index (χ4n) is 3.66. The number of carboxylic acids is 2. The molecule has 0 spiro atoms. The highest BCUT2D eigenvalue weighted by Gasteiger charge is 2.18. The summed E-state index contributed by atoms with van der Waals surface area (Å²) in [6.45, 7) is 7.99. The molecule has 2 fully saturated rings. The fraction of sp³-hybridized carbons (Fsp3) is 0.750. The number of ether oxygens (including phenoxy) is 2. The van der Waals surface area contributed by atoms with Crippen LogP contribution in [0, 0.1) is 6.92 Å². The van der Waals surface area contributed by atoms with Crippen LogP contribution in [0.4, 0.5) is 0 Å². The van der Waals surface area contributed by atoms with Crippen LogP contribution in [0.2, 0.25) is 0 Å². The third-order valence-corrected chi connectivity index (χ3v) is 5.23. The smallest absolute Gasteiger partial charge is 0.414 e. The number of aryl methyl sites for hydroxylation is 1. The molecule has 9 nitrogen and oxygen atoms in total. The third-order valence-electron chi connectivity index (χ3n) is 5.23. The summed E-state index contributed by atoms with van der Waals surface area (Å²) in [5, 5.41) is 19.5. The number of rotatable bonds is 7. The van der Waals surface area contributed by atoms with Crippen LogP contribution in [0.3, 0.4) is 0 Å². The zero-order valence-corrected chi connectivity index (χ0v) is 17.2. The van der Waals surface area contributed by atoms with Gasteiger partial charge in [-0.25, -0.2) is 9.59 Å². The first-order chi connectivity index (χ1) is 14.0. The average molecular weight is 411 g/mol. The Morgan fingerprint density at radius 1 is 1.14 bits per heavy atom. The van der Waals surface area contributed by atoms with Crippen molar-refractivity contribution in [3.05, 3.63) is 11.8 Å². The number of morpholine rings is 1. The van der Waals surface area contributed by atoms with Crippen LogP contribution in [0.5, 0.6) is 5.88 Å². The van der Waals surface area contributed by atoms with Crippen molar-refractivity contribution in [2.45, 2.75) is 57.9 Å². The first-order valence-corrected chi connectivity index (χ1v) is 10.4. The molecule has 0 amide bonds. The van der Waals surface area contributed by atoms with Crippen LogP contribution in [0.1, 0.15) is 56.7 Å². The molecule has 1 aromatic rings. The minimum atomic E-state index is -1.82. The molecule has 29 heavy (non-hydrogen) atoms. The van der Waals surface area contributed by atoms with Crippen molar-refractivity contribution in [1.82, 2.24) is 14.7 Å². The molecule has 1 aliphatic carbocycles. The van der Waals surface area contributed by atoms with Crippen molar-refractivity contribution in [1.29, 1.82) is 0 Å². The molecule has 1 aliphatic heterocycles. The van der Waals surface area contributed by atoms with Crippen molar-refractivity contribution in [3.63, 3.8) is 0 Å². The third kappa shape index (κ3) is 8.41. The highest BCUT2D eigenvalue weighted by Crippen LogP contribution is 2.29. The van der Waals surface area contributed by atoms with E-state index in [0.29, 0.717) is 6.04 Å². The molecule has 2 heterocycles. The summed E-state index contributed by atoms with van der Waals surface area (Å²) in [7, 11) is 0. The van der Waals surface area contributed by atoms with E-state index in [2.05, 4.69) is 27.7 Å². The Balaban J connectivity index is 0.000000438. The van der Waals surface area contributed by atoms with Crippen LogP contribution < -0.4 is 4.74 Å². The van der Waals surface area contributed by atoms with Crippen molar-refractivity contribution in [2.75, 3.05) is 39.5 Å². The molecule has 0 radical (unpaired) electrons. The fourth-order valence-corrected chi connectivity index (χ4v) is 3.66. The lowest BCUT2D eigenvalue weighted by atomic mass is 9.95. The van der Waals surface area contributed by atoms with E-state index in [0.717, 1.165) is 51.8 Å². The Hall–Kier alpha value is -2.13. The Morgan fingerprint density at radius 3 is 2.41 bits per heavy atom. The number of carbonyl (C=O) groups is 2. The lowest BCUT2D eigenvalue weighted by Crippen LogP contribution is -2.36. The monoisotopic (exact) mass is 411 g/mol. The van der Waals surface area contributed by atoms with E-state index in [1.165, 1.54) is 44.2 Å². The second-order valence-corrected chi connectivity index (χ2v) is 7.48. The van der Waals surface area contributed by atoms with Gasteiger partial charge in [-0.1, -0.05) is 19.3 Å². The number of aliphatic carboxylic acids is 2. The summed E-state index contributed by atoms with van der Waals surface area (Å²) < 4.78 is 13.4. The number of hydrogen-bond acceptors (Lipinski definition) is 6. The molecule has 9 heteroatoms. The van der Waals surface area contributed by atoms with Gasteiger partial charge in [0, 0.05) is 24.8 Å². The molecular formula is C20H33N3O6. The van der Waals surface area contributed by atoms with Gasteiger partial charge in [0.05, 0.1) is 25.9 Å². The van der Waals surface area contributed by atoms with Gasteiger partial charge in [-0.05, 0) is 39.2 Å². The normalized spacial score (nSPS) is 18.0. The maximum absolute atomic E-state index is 9.10. The van der Waals surface area contributed by atoms with Crippen LogP contribution >= 0.6 is 0 Å². The van der Waals surface area contributed by atoms with Crippen molar-refractivity contribution in [3.8, 4) is 5.88 Å². The summed E-state index contributed by atoms with van der Waals surface area (Å²) in [6.07, 6.45) is 8.85. The number of nitrogens with zero attached hydrogens (tertiary/aromatic N) is 3. The number of carboxylic acid groups (broad SMARTS) is 2. The second-order valence-electron chi connectivity index (χ2n) is 7.48. The SMILES string of the molecule is Cc1cc(OCCCCN2CCOCC2)nn1C1CCCCC1.O=C(O)C(=O)O. The van der Waals surface area contributed by atoms with Gasteiger partial charge in [0.1, 0.15) is 0 Å². The average Bonchev–Trinajstić information content (AvgIpc) is 3.10. The van der Waals surface area contributed by atoms with E-state index in [-0.39, 0.29) is 0 Å². The highest BCUT2D eigenvalue weighted by molar-refractivity contribution is 6.27. The van der Waals surface area contributed by atoms with E-state index in [1.807, 2.05) is 0 Å². The predicted octanol–water partition coefficient (Wildman–Crippen LogP) is 2.34. The van der Waals surface area contributed by atoms with Crippen LogP contribution in [-0.4, -0.2) is 76.3 Å². The molecule has 0 aromatic carbocycles. The van der Waals surface area contributed by atoms with Gasteiger partial charge in [0.15, 0.2) is 0 Å². The number of hydrogen-bond donors (Lipinski definition) is 2. The quantitative estimate of drug-likeness (QED) is 0.519. The summed E-state index contributed by atoms with van der Waals surface area (Å²) >= 11 is 0. The van der Waals surface area contributed by atoms with Crippen molar-refractivity contribution < 1.29 is 29.3 Å². The number of aromatic nitrogens is 2. The Morgan fingerprint density at radius 2 is 1.79 bits per heavy atom. The summed E-state index contributed by atoms with van der Waals surface area (Å²) in [6, 6.07) is 2.68. The highest BCUT2D eigenvalue weighted by atomic mass is 16.5. The molecule has 1 saturated heterocycles. The van der Waals surface area contributed by atoms with E-state index >= 15 is 0 Å². The molecule has 2 aliphatic rings. The van der Waals surface area contributed by atoms with Crippen LogP contribution in [0.25, 0.3) is 0 Å². The zero-order valence-electron chi connectivity index (χ0n) is 17.2. The number of unbranched alkanes of at least 4 members (excludes halogenated alkanes) is 1. The topological polar surface area (TPSA) is 114 Å². The largest absolute Gasteiger partial charge is 0.477 e. The molecular weight excluding hydrogens is 378 g/mol. The molecule has 2 N–H and O–H groups in total. The summed E-state index contributed by atoms with van der Waals surface area (Å²) in [5.74, 6) is -2.84. The van der Waals surface area contributed by atoms with Crippen LogP contribution in [-0.2, 0) is 14.3 Å². The van der Waals surface area contributed by atoms with E-state index < -0.39 is 11.9 Å². The van der Waals surface area contributed by atoms with Crippen molar-refractivity contribution in [2.24, 2.45) is 0 Å². The van der Waals surface area contributed by atoms with Gasteiger partial charge in [0.25, 0.3) is 0 Å². The maximum Gasteiger partial charge on any atom is 0.414 e. The summed E-state index contributed by atoms with van der Waals surface area (Å²) in [5.41, 5.74) is 1.24. The molecule has 3 rings (SSSR count). The summed E-state index contributed by atoms with van der Waals surface area (Å²) in [4.78, 5) is 20.7. The second kappa shape index (κ2) is 12.4. The molecule has 1 aromatic heterocycles. The minimum absolute atomic E-state index is 0.586. The van der Waals surface area contributed by atoms with E-state index in [9.17, 15) is 0 Å². The van der Waals surface area contributed by atoms with Gasteiger partial charge in [0.2, 0.25) is 5.88 Å². The van der Waals surface area contributed by atoms with Crippen molar-refractivity contribution >= 4 is 11.9 Å². The van der Waals surface area contributed by atoms with Crippen LogP contribution in [0.15, 0.2) is 6.07 Å². The predicted molar refractivity (Wildman–Crippen MR) is 106 cm³/mol. The molecule has 1 saturated carbocycles. The zero-order chi connectivity index (χ0) is 21.1. The lowest BCUT2D eigenvalue weighted by molar-refractivity contribution is -0.159. The molecule has 164 valence electrons. The maximum atomic E-state index is 9.10. The van der Waals surface area contributed by atoms with Gasteiger partial charge >= 0.3 is 11.9 Å². The van der Waals surface area contributed by atoms with Gasteiger partial charge in [-0.15, -0.1) is 5.10 Å². The molecule has 0 bridgehead atoms.